The molecule has 0 saturated heterocycles. The number of ether oxygens (including phenoxy) is 1. The summed E-state index contributed by atoms with van der Waals surface area (Å²) in [7, 11) is 1.47. The molecule has 1 N–H and O–H groups in total. The van der Waals surface area contributed by atoms with E-state index in [4.69, 9.17) is 4.74 Å². The zero-order chi connectivity index (χ0) is 18.3. The number of nitro benzene ring substituents is 1. The van der Waals surface area contributed by atoms with Gasteiger partial charge in [0.25, 0.3) is 5.69 Å². The molecule has 2 aromatic carbocycles. The van der Waals surface area contributed by atoms with Crippen molar-refractivity contribution in [3.05, 3.63) is 40.4 Å². The molecule has 26 heavy (non-hydrogen) atoms. The van der Waals surface area contributed by atoms with Crippen molar-refractivity contribution in [3.8, 4) is 5.75 Å². The fourth-order valence-corrected chi connectivity index (χ4v) is 4.87. The van der Waals surface area contributed by atoms with Crippen molar-refractivity contribution in [1.82, 2.24) is 9.97 Å². The summed E-state index contributed by atoms with van der Waals surface area (Å²) < 4.78 is 7.03. The Balaban J connectivity index is 1.72. The van der Waals surface area contributed by atoms with Crippen molar-refractivity contribution in [2.24, 2.45) is 0 Å². The second-order valence-corrected chi connectivity index (χ2v) is 8.19. The third-order valence-electron chi connectivity index (χ3n) is 3.68. The molecule has 0 aliphatic heterocycles. The van der Waals surface area contributed by atoms with Gasteiger partial charge in [-0.1, -0.05) is 22.7 Å². The Hall–Kier alpha value is -2.43. The Labute approximate surface area is 160 Å². The third kappa shape index (κ3) is 3.06. The van der Waals surface area contributed by atoms with Gasteiger partial charge in [0, 0.05) is 11.0 Å². The number of nitrogens with zero attached hydrogens (tertiary/aromatic N) is 3. The van der Waals surface area contributed by atoms with Gasteiger partial charge in [-0.3, -0.25) is 10.1 Å². The van der Waals surface area contributed by atoms with Gasteiger partial charge in [-0.2, -0.15) is 0 Å². The molecule has 0 atom stereocenters. The van der Waals surface area contributed by atoms with E-state index in [1.165, 1.54) is 35.5 Å². The van der Waals surface area contributed by atoms with Crippen LogP contribution in [-0.4, -0.2) is 28.3 Å². The summed E-state index contributed by atoms with van der Waals surface area (Å²) in [5.41, 5.74) is 1.50. The summed E-state index contributed by atoms with van der Waals surface area (Å²) in [6.45, 7) is 0. The number of hydrogen-bond donors (Lipinski definition) is 1. The van der Waals surface area contributed by atoms with Crippen molar-refractivity contribution in [2.45, 2.75) is 4.90 Å². The standard InChI is InChI=1S/C16H12N4O3S3/c1-23-11-5-8(20(21)22)6-13-14(11)18-16(26-13)19-15-17-10-4-3-9(24-2)7-12(10)25-15/h3-7H,1-2H3,(H,17,18,19). The van der Waals surface area contributed by atoms with Gasteiger partial charge in [0.05, 0.1) is 33.0 Å². The fraction of sp³-hybridized carbons (Fsp3) is 0.125. The number of thiazole rings is 2. The van der Waals surface area contributed by atoms with Crippen LogP contribution in [0.15, 0.2) is 35.2 Å². The molecule has 0 bridgehead atoms. The lowest BCUT2D eigenvalue weighted by molar-refractivity contribution is -0.384. The van der Waals surface area contributed by atoms with E-state index in [-0.39, 0.29) is 5.69 Å². The lowest BCUT2D eigenvalue weighted by Gasteiger charge is -1.99. The first-order valence-corrected chi connectivity index (χ1v) is 10.3. The van der Waals surface area contributed by atoms with Crippen LogP contribution in [0.2, 0.25) is 0 Å². The monoisotopic (exact) mass is 404 g/mol. The van der Waals surface area contributed by atoms with Crippen LogP contribution in [0.1, 0.15) is 0 Å². The Morgan fingerprint density at radius 1 is 1.15 bits per heavy atom. The van der Waals surface area contributed by atoms with Crippen LogP contribution in [0.4, 0.5) is 16.0 Å². The van der Waals surface area contributed by atoms with E-state index in [0.717, 1.165) is 15.3 Å². The average molecular weight is 404 g/mol. The van der Waals surface area contributed by atoms with Crippen LogP contribution < -0.4 is 10.1 Å². The summed E-state index contributed by atoms with van der Waals surface area (Å²) in [4.78, 5) is 20.9. The minimum Gasteiger partial charge on any atom is -0.494 e. The maximum Gasteiger partial charge on any atom is 0.274 e. The van der Waals surface area contributed by atoms with Gasteiger partial charge in [-0.25, -0.2) is 9.97 Å². The topological polar surface area (TPSA) is 90.2 Å². The number of anilines is 2. The van der Waals surface area contributed by atoms with E-state index in [9.17, 15) is 10.1 Å². The van der Waals surface area contributed by atoms with Gasteiger partial charge >= 0.3 is 0 Å². The number of thioether (sulfide) groups is 1. The summed E-state index contributed by atoms with van der Waals surface area (Å²) >= 11 is 4.55. The number of non-ortho nitro benzene ring substituents is 1. The minimum absolute atomic E-state index is 0.0193. The van der Waals surface area contributed by atoms with Gasteiger partial charge < -0.3 is 10.1 Å². The molecular weight excluding hydrogens is 392 g/mol. The number of nitrogens with one attached hydrogen (secondary N) is 1. The largest absolute Gasteiger partial charge is 0.494 e. The number of fused-ring (bicyclic) bond motifs is 2. The minimum atomic E-state index is -0.439. The molecule has 0 spiro atoms. The molecule has 0 saturated carbocycles. The highest BCUT2D eigenvalue weighted by Gasteiger charge is 2.17. The highest BCUT2D eigenvalue weighted by Crippen LogP contribution is 2.38. The van der Waals surface area contributed by atoms with Crippen molar-refractivity contribution in [3.63, 3.8) is 0 Å². The highest BCUT2D eigenvalue weighted by atomic mass is 32.2. The molecule has 0 fully saturated rings. The van der Waals surface area contributed by atoms with Gasteiger partial charge in [0.1, 0.15) is 5.52 Å². The fourth-order valence-electron chi connectivity index (χ4n) is 2.48. The predicted molar refractivity (Wildman–Crippen MR) is 108 cm³/mol. The van der Waals surface area contributed by atoms with Crippen LogP contribution in [0, 0.1) is 10.1 Å². The summed E-state index contributed by atoms with van der Waals surface area (Å²) in [6.07, 6.45) is 2.04. The lowest BCUT2D eigenvalue weighted by atomic mass is 10.3. The molecule has 0 unspecified atom stereocenters. The Bertz CT molecular complexity index is 1140. The highest BCUT2D eigenvalue weighted by molar-refractivity contribution is 7.98. The maximum absolute atomic E-state index is 11.1. The molecule has 2 heterocycles. The molecule has 0 amide bonds. The van der Waals surface area contributed by atoms with Crippen LogP contribution in [0.3, 0.4) is 0 Å². The Kier molecular flexibility index (Phi) is 4.39. The molecule has 4 aromatic rings. The SMILES string of the molecule is COc1cc([N+](=O)[O-])cc2sc(Nc3nc4ccc(SC)cc4s3)nc12. The van der Waals surface area contributed by atoms with Crippen LogP contribution >= 0.6 is 34.4 Å². The molecule has 0 radical (unpaired) electrons. The van der Waals surface area contributed by atoms with E-state index < -0.39 is 4.92 Å². The molecule has 4 rings (SSSR count). The number of methoxy groups -OCH3 is 1. The van der Waals surface area contributed by atoms with E-state index >= 15 is 0 Å². The van der Waals surface area contributed by atoms with Crippen LogP contribution in [0.5, 0.6) is 5.75 Å². The molecule has 2 aromatic heterocycles. The second kappa shape index (κ2) is 6.71. The molecule has 10 heteroatoms. The first-order chi connectivity index (χ1) is 12.6. The maximum atomic E-state index is 11.1. The smallest absolute Gasteiger partial charge is 0.274 e. The molecule has 132 valence electrons. The first kappa shape index (κ1) is 17.0. The molecule has 7 nitrogen and oxygen atoms in total. The van der Waals surface area contributed by atoms with Gasteiger partial charge in [0.2, 0.25) is 0 Å². The molecular formula is C16H12N4O3S3. The van der Waals surface area contributed by atoms with Crippen molar-refractivity contribution in [2.75, 3.05) is 18.7 Å². The lowest BCUT2D eigenvalue weighted by Crippen LogP contribution is -1.91. The zero-order valence-electron chi connectivity index (χ0n) is 13.7. The van der Waals surface area contributed by atoms with E-state index in [1.54, 1.807) is 23.1 Å². The number of benzene rings is 2. The second-order valence-electron chi connectivity index (χ2n) is 5.25. The molecule has 0 aliphatic rings. The van der Waals surface area contributed by atoms with Crippen LogP contribution in [0.25, 0.3) is 20.4 Å². The van der Waals surface area contributed by atoms with E-state index in [0.29, 0.717) is 21.1 Å². The number of hydrogen-bond acceptors (Lipinski definition) is 9. The summed E-state index contributed by atoms with van der Waals surface area (Å²) in [5, 5.41) is 15.6. The van der Waals surface area contributed by atoms with Gasteiger partial charge in [-0.15, -0.1) is 11.8 Å². The van der Waals surface area contributed by atoms with Crippen molar-refractivity contribution >= 4 is 70.8 Å². The van der Waals surface area contributed by atoms with Gasteiger partial charge in [0.15, 0.2) is 16.0 Å². The van der Waals surface area contributed by atoms with Gasteiger partial charge in [-0.05, 0) is 24.5 Å². The van der Waals surface area contributed by atoms with Crippen LogP contribution in [-0.2, 0) is 0 Å². The number of aromatic nitrogens is 2. The predicted octanol–water partition coefficient (Wildman–Crippen LogP) is 5.29. The summed E-state index contributed by atoms with van der Waals surface area (Å²) in [5.74, 6) is 0.382. The number of nitro groups is 1. The third-order valence-corrected chi connectivity index (χ3v) is 6.26. The average Bonchev–Trinajstić information content (AvgIpc) is 3.22. The summed E-state index contributed by atoms with van der Waals surface area (Å²) in [6, 6.07) is 9.02. The normalized spacial score (nSPS) is 11.2. The Morgan fingerprint density at radius 3 is 2.65 bits per heavy atom. The van der Waals surface area contributed by atoms with E-state index in [1.807, 2.05) is 18.4 Å². The number of rotatable bonds is 5. The first-order valence-electron chi connectivity index (χ1n) is 7.42. The quantitative estimate of drug-likeness (QED) is 0.275. The van der Waals surface area contributed by atoms with Crippen molar-refractivity contribution < 1.29 is 9.66 Å². The van der Waals surface area contributed by atoms with E-state index in [2.05, 4.69) is 21.4 Å². The molecule has 0 aliphatic carbocycles. The van der Waals surface area contributed by atoms with Crippen molar-refractivity contribution in [1.29, 1.82) is 0 Å². The zero-order valence-corrected chi connectivity index (χ0v) is 16.1. The Morgan fingerprint density at radius 2 is 1.92 bits per heavy atom.